The second-order valence-corrected chi connectivity index (χ2v) is 7.67. The Bertz CT molecular complexity index is 978. The van der Waals surface area contributed by atoms with Crippen LogP contribution < -0.4 is 5.73 Å². The van der Waals surface area contributed by atoms with Crippen molar-refractivity contribution in [2.24, 2.45) is 5.73 Å². The smallest absolute Gasteiger partial charge is 0.229 e. The molecule has 0 spiro atoms. The molecule has 6 heteroatoms. The minimum atomic E-state index is -0.132. The molecule has 1 fully saturated rings. The zero-order chi connectivity index (χ0) is 19.7. The third-order valence-corrected chi connectivity index (χ3v) is 5.71. The van der Waals surface area contributed by atoms with Gasteiger partial charge in [0, 0.05) is 37.1 Å². The number of amides is 1. The Morgan fingerprint density at radius 3 is 2.82 bits per heavy atom. The van der Waals surface area contributed by atoms with Gasteiger partial charge in [0.15, 0.2) is 5.65 Å². The monoisotopic (exact) mass is 377 g/mol. The number of benzene rings is 1. The fourth-order valence-electron chi connectivity index (χ4n) is 4.07. The van der Waals surface area contributed by atoms with E-state index >= 15 is 0 Å². The fourth-order valence-corrected chi connectivity index (χ4v) is 4.07. The summed E-state index contributed by atoms with van der Waals surface area (Å²) in [6, 6.07) is 12.2. The van der Waals surface area contributed by atoms with E-state index in [4.69, 9.17) is 10.8 Å². The topological polar surface area (TPSA) is 77.0 Å². The van der Waals surface area contributed by atoms with E-state index in [0.29, 0.717) is 19.6 Å². The van der Waals surface area contributed by atoms with Gasteiger partial charge in [-0.1, -0.05) is 29.8 Å². The van der Waals surface area contributed by atoms with Crippen molar-refractivity contribution >= 4 is 16.9 Å². The van der Waals surface area contributed by atoms with Crippen LogP contribution in [0.5, 0.6) is 0 Å². The van der Waals surface area contributed by atoms with Gasteiger partial charge in [0.05, 0.1) is 18.2 Å². The Labute approximate surface area is 165 Å². The van der Waals surface area contributed by atoms with E-state index in [-0.39, 0.29) is 17.7 Å². The van der Waals surface area contributed by atoms with Crippen LogP contribution in [-0.4, -0.2) is 45.2 Å². The number of carbonyl (C=O) groups is 1. The van der Waals surface area contributed by atoms with Gasteiger partial charge in [0.2, 0.25) is 5.91 Å². The third-order valence-electron chi connectivity index (χ3n) is 5.71. The Hall–Kier alpha value is -2.73. The van der Waals surface area contributed by atoms with Crippen molar-refractivity contribution in [1.29, 1.82) is 0 Å². The van der Waals surface area contributed by atoms with Crippen molar-refractivity contribution < 1.29 is 4.79 Å². The fraction of sp³-hybridized carbons (Fsp3) is 0.409. The summed E-state index contributed by atoms with van der Waals surface area (Å²) < 4.78 is 1.89. The molecule has 6 nitrogen and oxygen atoms in total. The van der Waals surface area contributed by atoms with Crippen LogP contribution in [0.4, 0.5) is 0 Å². The summed E-state index contributed by atoms with van der Waals surface area (Å²) >= 11 is 0. The number of carbonyl (C=O) groups excluding carboxylic acids is 1. The van der Waals surface area contributed by atoms with E-state index in [2.05, 4.69) is 42.2 Å². The maximum atomic E-state index is 13.1. The first-order chi connectivity index (χ1) is 13.6. The highest BCUT2D eigenvalue weighted by Gasteiger charge is 2.32. The number of hydrogen-bond acceptors (Lipinski definition) is 4. The molecule has 0 aliphatic carbocycles. The number of pyridine rings is 1. The van der Waals surface area contributed by atoms with E-state index in [9.17, 15) is 4.79 Å². The molecule has 0 bridgehead atoms. The number of nitrogens with two attached hydrogens (primary N) is 1. The average Bonchev–Trinajstić information content (AvgIpc) is 3.33. The number of nitrogens with zero attached hydrogens (tertiary/aromatic N) is 4. The lowest BCUT2D eigenvalue weighted by Gasteiger charge is -2.21. The predicted octanol–water partition coefficient (Wildman–Crippen LogP) is 2.82. The molecule has 2 atom stereocenters. The van der Waals surface area contributed by atoms with Crippen LogP contribution in [0.2, 0.25) is 0 Å². The Morgan fingerprint density at radius 1 is 1.29 bits per heavy atom. The molecule has 3 aromatic rings. The van der Waals surface area contributed by atoms with E-state index in [1.165, 1.54) is 5.56 Å². The quantitative estimate of drug-likeness (QED) is 0.742. The first-order valence-corrected chi connectivity index (χ1v) is 9.95. The molecule has 28 heavy (non-hydrogen) atoms. The van der Waals surface area contributed by atoms with Gasteiger partial charge in [-0.2, -0.15) is 5.10 Å². The van der Waals surface area contributed by atoms with Gasteiger partial charge in [0.1, 0.15) is 0 Å². The van der Waals surface area contributed by atoms with Crippen molar-refractivity contribution in [2.75, 3.05) is 19.6 Å². The summed E-state index contributed by atoms with van der Waals surface area (Å²) in [6.07, 6.45) is 2.71. The zero-order valence-electron chi connectivity index (χ0n) is 16.5. The molecule has 1 aliphatic rings. The molecule has 146 valence electrons. The van der Waals surface area contributed by atoms with E-state index in [1.54, 1.807) is 6.20 Å². The van der Waals surface area contributed by atoms with Crippen molar-refractivity contribution in [3.8, 4) is 0 Å². The van der Waals surface area contributed by atoms with Crippen molar-refractivity contribution in [3.05, 3.63) is 59.4 Å². The third kappa shape index (κ3) is 3.40. The lowest BCUT2D eigenvalue weighted by atomic mass is 9.98. The number of fused-ring (bicyclic) bond motifs is 1. The molecule has 4 rings (SSSR count). The van der Waals surface area contributed by atoms with E-state index in [0.717, 1.165) is 35.3 Å². The van der Waals surface area contributed by atoms with E-state index in [1.807, 2.05) is 22.6 Å². The Kier molecular flexibility index (Phi) is 5.13. The van der Waals surface area contributed by atoms with Gasteiger partial charge >= 0.3 is 0 Å². The molecule has 1 amide bonds. The normalized spacial score (nSPS) is 18.0. The van der Waals surface area contributed by atoms with Gasteiger partial charge in [0.25, 0.3) is 0 Å². The van der Waals surface area contributed by atoms with Crippen LogP contribution in [0, 0.1) is 6.92 Å². The summed E-state index contributed by atoms with van der Waals surface area (Å²) in [4.78, 5) is 19.5. The van der Waals surface area contributed by atoms with Gasteiger partial charge in [-0.25, -0.2) is 9.67 Å². The maximum absolute atomic E-state index is 13.1. The molecule has 1 aromatic carbocycles. The number of aryl methyl sites for hydroxylation is 1. The summed E-state index contributed by atoms with van der Waals surface area (Å²) in [5, 5.41) is 5.87. The van der Waals surface area contributed by atoms with Crippen LogP contribution >= 0.6 is 0 Å². The van der Waals surface area contributed by atoms with Crippen LogP contribution in [0.3, 0.4) is 0 Å². The van der Waals surface area contributed by atoms with Gasteiger partial charge in [-0.3, -0.25) is 4.79 Å². The Balaban J connectivity index is 1.53. The van der Waals surface area contributed by atoms with Crippen LogP contribution in [-0.2, 0) is 11.3 Å². The number of likely N-dealkylation sites (tertiary alicyclic amines) is 1. The molecule has 3 heterocycles. The van der Waals surface area contributed by atoms with Crippen molar-refractivity contribution in [3.63, 3.8) is 0 Å². The van der Waals surface area contributed by atoms with Crippen LogP contribution in [0.25, 0.3) is 11.0 Å². The molecule has 0 unspecified atom stereocenters. The van der Waals surface area contributed by atoms with Crippen molar-refractivity contribution in [2.45, 2.75) is 38.6 Å². The standard InChI is InChI=1S/C22H27N5O/c1-15-5-7-17(8-6-15)16(2)22(28)26-12-9-18(14-26)20-19-4-3-11-24-21(19)27(25-20)13-10-23/h3-8,11,16,18H,9-10,12-14,23H2,1-2H3/t16-,18-/m1/s1. The van der Waals surface area contributed by atoms with Gasteiger partial charge in [-0.05, 0) is 38.0 Å². The molecule has 2 aromatic heterocycles. The molecular formula is C22H27N5O. The highest BCUT2D eigenvalue weighted by atomic mass is 16.2. The van der Waals surface area contributed by atoms with Crippen LogP contribution in [0.15, 0.2) is 42.6 Å². The summed E-state index contributed by atoms with van der Waals surface area (Å²) in [5.41, 5.74) is 9.92. The SMILES string of the molecule is Cc1ccc([C@@H](C)C(=O)N2CC[C@@H](c3nn(CCN)c4ncccc34)C2)cc1. The molecule has 0 saturated carbocycles. The van der Waals surface area contributed by atoms with Gasteiger partial charge < -0.3 is 10.6 Å². The minimum absolute atomic E-state index is 0.132. The minimum Gasteiger partial charge on any atom is -0.341 e. The highest BCUT2D eigenvalue weighted by molar-refractivity contribution is 5.84. The average molecular weight is 377 g/mol. The van der Waals surface area contributed by atoms with E-state index < -0.39 is 0 Å². The highest BCUT2D eigenvalue weighted by Crippen LogP contribution is 2.32. The largest absolute Gasteiger partial charge is 0.341 e. The molecule has 2 N–H and O–H groups in total. The second kappa shape index (κ2) is 7.72. The predicted molar refractivity (Wildman–Crippen MR) is 110 cm³/mol. The Morgan fingerprint density at radius 2 is 2.07 bits per heavy atom. The molecule has 0 radical (unpaired) electrons. The van der Waals surface area contributed by atoms with Crippen LogP contribution in [0.1, 0.15) is 42.0 Å². The second-order valence-electron chi connectivity index (χ2n) is 7.67. The number of hydrogen-bond donors (Lipinski definition) is 1. The lowest BCUT2D eigenvalue weighted by molar-refractivity contribution is -0.131. The number of rotatable bonds is 5. The molecule has 1 saturated heterocycles. The van der Waals surface area contributed by atoms with Gasteiger partial charge in [-0.15, -0.1) is 0 Å². The molecular weight excluding hydrogens is 350 g/mol. The lowest BCUT2D eigenvalue weighted by Crippen LogP contribution is -2.32. The molecule has 1 aliphatic heterocycles. The summed E-state index contributed by atoms with van der Waals surface area (Å²) in [7, 11) is 0. The summed E-state index contributed by atoms with van der Waals surface area (Å²) in [5.74, 6) is 0.294. The van der Waals surface area contributed by atoms with Crippen molar-refractivity contribution in [1.82, 2.24) is 19.7 Å². The zero-order valence-corrected chi connectivity index (χ0v) is 16.5. The summed E-state index contributed by atoms with van der Waals surface area (Å²) in [6.45, 7) is 6.70. The first kappa shape index (κ1) is 18.6. The maximum Gasteiger partial charge on any atom is 0.229 e. The first-order valence-electron chi connectivity index (χ1n) is 9.95. The number of aromatic nitrogens is 3.